The van der Waals surface area contributed by atoms with Gasteiger partial charge < -0.3 is 15.8 Å². The molecule has 2 aromatic carbocycles. The summed E-state index contributed by atoms with van der Waals surface area (Å²) in [6, 6.07) is 14.6. The van der Waals surface area contributed by atoms with Gasteiger partial charge >= 0.3 is 0 Å². The third kappa shape index (κ3) is 3.75. The zero-order chi connectivity index (χ0) is 15.2. The second-order valence-corrected chi connectivity index (χ2v) is 4.83. The molecule has 0 radical (unpaired) electrons. The van der Waals surface area contributed by atoms with E-state index < -0.39 is 0 Å². The zero-order valence-corrected chi connectivity index (χ0v) is 12.3. The standard InChI is InChI=1S/C17H20N2O2/c1-3-16(12-6-10-15(21-2)11-7-12)19-17(20)13-4-8-14(18)9-5-13/h4-11,16H,3,18H2,1-2H3,(H,19,20). The Kier molecular flexibility index (Phi) is 4.82. The number of carbonyl (C=O) groups is 1. The molecule has 110 valence electrons. The Balaban J connectivity index is 2.10. The van der Waals surface area contributed by atoms with Crippen molar-refractivity contribution in [2.75, 3.05) is 12.8 Å². The summed E-state index contributed by atoms with van der Waals surface area (Å²) >= 11 is 0. The molecule has 0 aliphatic rings. The maximum Gasteiger partial charge on any atom is 0.251 e. The first-order valence-corrected chi connectivity index (χ1v) is 6.94. The predicted octanol–water partition coefficient (Wildman–Crippen LogP) is 3.16. The molecule has 1 unspecified atom stereocenters. The van der Waals surface area contributed by atoms with Gasteiger partial charge in [-0.15, -0.1) is 0 Å². The van der Waals surface area contributed by atoms with Crippen LogP contribution in [-0.4, -0.2) is 13.0 Å². The van der Waals surface area contributed by atoms with Crippen LogP contribution in [0.5, 0.6) is 5.75 Å². The van der Waals surface area contributed by atoms with Crippen molar-refractivity contribution in [3.63, 3.8) is 0 Å². The predicted molar refractivity (Wildman–Crippen MR) is 84.3 cm³/mol. The lowest BCUT2D eigenvalue weighted by Gasteiger charge is -2.18. The molecule has 1 amide bonds. The molecule has 0 aromatic heterocycles. The number of nitrogens with one attached hydrogen (secondary N) is 1. The summed E-state index contributed by atoms with van der Waals surface area (Å²) in [5.41, 5.74) is 7.94. The van der Waals surface area contributed by atoms with Crippen LogP contribution in [-0.2, 0) is 0 Å². The van der Waals surface area contributed by atoms with Gasteiger partial charge in [-0.25, -0.2) is 0 Å². The van der Waals surface area contributed by atoms with Crippen LogP contribution in [0.3, 0.4) is 0 Å². The van der Waals surface area contributed by atoms with Crippen LogP contribution in [0.15, 0.2) is 48.5 Å². The molecule has 0 spiro atoms. The first-order valence-electron chi connectivity index (χ1n) is 6.94. The largest absolute Gasteiger partial charge is 0.497 e. The Bertz CT molecular complexity index is 591. The maximum absolute atomic E-state index is 12.2. The van der Waals surface area contributed by atoms with Crippen molar-refractivity contribution in [2.24, 2.45) is 0 Å². The molecular formula is C17H20N2O2. The monoisotopic (exact) mass is 284 g/mol. The third-order valence-electron chi connectivity index (χ3n) is 3.40. The van der Waals surface area contributed by atoms with E-state index in [1.54, 1.807) is 31.4 Å². The molecule has 0 fully saturated rings. The highest BCUT2D eigenvalue weighted by atomic mass is 16.5. The number of carbonyl (C=O) groups excluding carboxylic acids is 1. The number of hydrogen-bond donors (Lipinski definition) is 2. The lowest BCUT2D eigenvalue weighted by molar-refractivity contribution is 0.0935. The van der Waals surface area contributed by atoms with E-state index in [0.717, 1.165) is 17.7 Å². The van der Waals surface area contributed by atoms with Crippen molar-refractivity contribution in [1.29, 1.82) is 0 Å². The van der Waals surface area contributed by atoms with E-state index in [4.69, 9.17) is 10.5 Å². The molecule has 21 heavy (non-hydrogen) atoms. The van der Waals surface area contributed by atoms with Crippen molar-refractivity contribution in [3.8, 4) is 5.75 Å². The Morgan fingerprint density at radius 2 is 1.76 bits per heavy atom. The summed E-state index contributed by atoms with van der Waals surface area (Å²) in [4.78, 5) is 12.2. The quantitative estimate of drug-likeness (QED) is 0.829. The fourth-order valence-corrected chi connectivity index (χ4v) is 2.13. The molecule has 3 N–H and O–H groups in total. The van der Waals surface area contributed by atoms with E-state index in [9.17, 15) is 4.79 Å². The average molecular weight is 284 g/mol. The number of methoxy groups -OCH3 is 1. The summed E-state index contributed by atoms with van der Waals surface area (Å²) in [6.45, 7) is 2.04. The van der Waals surface area contributed by atoms with Crippen LogP contribution in [0.4, 0.5) is 5.69 Å². The minimum Gasteiger partial charge on any atom is -0.497 e. The number of ether oxygens (including phenoxy) is 1. The Labute approximate surface area is 124 Å². The van der Waals surface area contributed by atoms with Gasteiger partial charge in [0, 0.05) is 11.3 Å². The highest BCUT2D eigenvalue weighted by Crippen LogP contribution is 2.20. The van der Waals surface area contributed by atoms with E-state index in [1.165, 1.54) is 0 Å². The van der Waals surface area contributed by atoms with Crippen LogP contribution >= 0.6 is 0 Å². The normalized spacial score (nSPS) is 11.7. The second kappa shape index (κ2) is 6.79. The number of nitrogens with two attached hydrogens (primary N) is 1. The Morgan fingerprint density at radius 3 is 2.29 bits per heavy atom. The van der Waals surface area contributed by atoms with Crippen LogP contribution in [0.25, 0.3) is 0 Å². The van der Waals surface area contributed by atoms with Gasteiger partial charge in [0.1, 0.15) is 5.75 Å². The molecule has 0 saturated carbocycles. The molecule has 0 heterocycles. The number of amides is 1. The number of anilines is 1. The lowest BCUT2D eigenvalue weighted by atomic mass is 10.0. The summed E-state index contributed by atoms with van der Waals surface area (Å²) < 4.78 is 5.14. The van der Waals surface area contributed by atoms with Crippen molar-refractivity contribution in [2.45, 2.75) is 19.4 Å². The summed E-state index contributed by atoms with van der Waals surface area (Å²) in [5, 5.41) is 3.04. The van der Waals surface area contributed by atoms with Crippen LogP contribution in [0.1, 0.15) is 35.3 Å². The molecule has 2 aromatic rings. The third-order valence-corrected chi connectivity index (χ3v) is 3.40. The molecule has 0 saturated heterocycles. The number of nitrogen functional groups attached to an aromatic ring is 1. The molecular weight excluding hydrogens is 264 g/mol. The topological polar surface area (TPSA) is 64.4 Å². The fourth-order valence-electron chi connectivity index (χ4n) is 2.13. The number of rotatable bonds is 5. The molecule has 4 heteroatoms. The second-order valence-electron chi connectivity index (χ2n) is 4.83. The fraction of sp³-hybridized carbons (Fsp3) is 0.235. The number of hydrogen-bond acceptors (Lipinski definition) is 3. The van der Waals surface area contributed by atoms with Crippen LogP contribution in [0, 0.1) is 0 Å². The van der Waals surface area contributed by atoms with Crippen LogP contribution < -0.4 is 15.8 Å². The van der Waals surface area contributed by atoms with Crippen molar-refractivity contribution < 1.29 is 9.53 Å². The van der Waals surface area contributed by atoms with Crippen molar-refractivity contribution >= 4 is 11.6 Å². The Morgan fingerprint density at radius 1 is 1.14 bits per heavy atom. The first kappa shape index (κ1) is 14.9. The lowest BCUT2D eigenvalue weighted by Crippen LogP contribution is -2.28. The highest BCUT2D eigenvalue weighted by Gasteiger charge is 2.14. The van der Waals surface area contributed by atoms with E-state index in [2.05, 4.69) is 5.32 Å². The molecule has 0 aliphatic heterocycles. The van der Waals surface area contributed by atoms with Crippen molar-refractivity contribution in [3.05, 3.63) is 59.7 Å². The summed E-state index contributed by atoms with van der Waals surface area (Å²) in [7, 11) is 1.63. The van der Waals surface area contributed by atoms with Gasteiger partial charge in [-0.1, -0.05) is 19.1 Å². The Hall–Kier alpha value is -2.49. The zero-order valence-electron chi connectivity index (χ0n) is 12.3. The maximum atomic E-state index is 12.2. The SMILES string of the molecule is CCC(NC(=O)c1ccc(N)cc1)c1ccc(OC)cc1. The molecule has 4 nitrogen and oxygen atoms in total. The molecule has 2 rings (SSSR count). The number of benzene rings is 2. The van der Waals surface area contributed by atoms with Crippen molar-refractivity contribution in [1.82, 2.24) is 5.32 Å². The van der Waals surface area contributed by atoms with Gasteiger partial charge in [-0.3, -0.25) is 4.79 Å². The van der Waals surface area contributed by atoms with E-state index in [0.29, 0.717) is 11.3 Å². The van der Waals surface area contributed by atoms with Gasteiger partial charge in [0.25, 0.3) is 5.91 Å². The highest BCUT2D eigenvalue weighted by molar-refractivity contribution is 5.94. The van der Waals surface area contributed by atoms with Gasteiger partial charge in [0.05, 0.1) is 13.2 Å². The van der Waals surface area contributed by atoms with E-state index in [1.807, 2.05) is 31.2 Å². The average Bonchev–Trinajstić information content (AvgIpc) is 2.53. The molecule has 1 atom stereocenters. The first-order chi connectivity index (χ1) is 10.1. The van der Waals surface area contributed by atoms with Gasteiger partial charge in [0.2, 0.25) is 0 Å². The van der Waals surface area contributed by atoms with Crippen LogP contribution in [0.2, 0.25) is 0 Å². The smallest absolute Gasteiger partial charge is 0.251 e. The molecule has 0 aliphatic carbocycles. The summed E-state index contributed by atoms with van der Waals surface area (Å²) in [6.07, 6.45) is 0.813. The molecule has 0 bridgehead atoms. The van der Waals surface area contributed by atoms with Gasteiger partial charge in [0.15, 0.2) is 0 Å². The van der Waals surface area contributed by atoms with Gasteiger partial charge in [-0.2, -0.15) is 0 Å². The minimum atomic E-state index is -0.0994. The van der Waals surface area contributed by atoms with Gasteiger partial charge in [-0.05, 0) is 48.4 Å². The minimum absolute atomic E-state index is 0.0269. The van der Waals surface area contributed by atoms with E-state index >= 15 is 0 Å². The van der Waals surface area contributed by atoms with E-state index in [-0.39, 0.29) is 11.9 Å². The summed E-state index contributed by atoms with van der Waals surface area (Å²) in [5.74, 6) is 0.705.